The first-order chi connectivity index (χ1) is 9.54. The lowest BCUT2D eigenvalue weighted by atomic mass is 10.1. The predicted octanol–water partition coefficient (Wildman–Crippen LogP) is 3.20. The first kappa shape index (κ1) is 17.5. The van der Waals surface area contributed by atoms with Crippen molar-refractivity contribution in [2.24, 2.45) is 5.92 Å². The maximum Gasteiger partial charge on any atom is 0.224 e. The molecule has 2 unspecified atom stereocenters. The minimum absolute atomic E-state index is 0. The summed E-state index contributed by atoms with van der Waals surface area (Å²) in [5.74, 6) is 0.801. The highest BCUT2D eigenvalue weighted by Crippen LogP contribution is 2.29. The van der Waals surface area contributed by atoms with E-state index in [1.54, 1.807) is 0 Å². The minimum Gasteiger partial charge on any atom is -0.459 e. The molecule has 2 N–H and O–H groups in total. The van der Waals surface area contributed by atoms with E-state index >= 15 is 0 Å². The Labute approximate surface area is 131 Å². The molecule has 0 saturated heterocycles. The van der Waals surface area contributed by atoms with E-state index in [1.807, 2.05) is 52.1 Å². The third-order valence-corrected chi connectivity index (χ3v) is 3.59. The van der Waals surface area contributed by atoms with Crippen LogP contribution in [-0.4, -0.2) is 19.5 Å². The Hall–Kier alpha value is -1.52. The Bertz CT molecular complexity index is 609. The third kappa shape index (κ3) is 3.77. The molecule has 4 nitrogen and oxygen atoms in total. The zero-order chi connectivity index (χ0) is 14.7. The summed E-state index contributed by atoms with van der Waals surface area (Å²) >= 11 is 0. The summed E-state index contributed by atoms with van der Waals surface area (Å²) in [5, 5.41) is 7.12. The fraction of sp³-hybridized carbons (Fsp3) is 0.438. The topological polar surface area (TPSA) is 54.3 Å². The molecule has 0 saturated carbocycles. The van der Waals surface area contributed by atoms with Gasteiger partial charge in [0.25, 0.3) is 0 Å². The molecule has 0 aliphatic heterocycles. The highest BCUT2D eigenvalue weighted by molar-refractivity contribution is 5.85. The van der Waals surface area contributed by atoms with E-state index in [1.165, 1.54) is 0 Å². The molecule has 2 aromatic rings. The van der Waals surface area contributed by atoms with Crippen LogP contribution in [-0.2, 0) is 4.79 Å². The molecule has 1 aromatic heterocycles. The summed E-state index contributed by atoms with van der Waals surface area (Å²) in [6.45, 7) is 6.55. The summed E-state index contributed by atoms with van der Waals surface area (Å²) in [7, 11) is 1.84. The Balaban J connectivity index is 0.00000220. The minimum atomic E-state index is -0.130. The first-order valence-electron chi connectivity index (χ1n) is 6.97. The van der Waals surface area contributed by atoms with Crippen molar-refractivity contribution >= 4 is 29.3 Å². The smallest absolute Gasteiger partial charge is 0.224 e. The van der Waals surface area contributed by atoms with Gasteiger partial charge in [-0.1, -0.05) is 25.1 Å². The van der Waals surface area contributed by atoms with E-state index in [0.29, 0.717) is 6.54 Å². The maximum absolute atomic E-state index is 12.1. The molecule has 0 aliphatic rings. The average Bonchev–Trinajstić information content (AvgIpc) is 2.77. The number of para-hydroxylation sites is 1. The van der Waals surface area contributed by atoms with Gasteiger partial charge < -0.3 is 15.1 Å². The molecule has 116 valence electrons. The van der Waals surface area contributed by atoms with Crippen molar-refractivity contribution in [2.75, 3.05) is 13.6 Å². The summed E-state index contributed by atoms with van der Waals surface area (Å²) in [6.07, 6.45) is 0. The van der Waals surface area contributed by atoms with E-state index in [0.717, 1.165) is 22.3 Å². The number of benzene rings is 1. The monoisotopic (exact) mass is 310 g/mol. The third-order valence-electron chi connectivity index (χ3n) is 3.59. The lowest BCUT2D eigenvalue weighted by Crippen LogP contribution is -2.35. The highest BCUT2D eigenvalue weighted by Gasteiger charge is 2.20. The lowest BCUT2D eigenvalue weighted by Gasteiger charge is -2.16. The molecule has 0 spiro atoms. The van der Waals surface area contributed by atoms with Crippen LogP contribution in [0.15, 0.2) is 28.7 Å². The number of hydrogen-bond donors (Lipinski definition) is 2. The predicted molar refractivity (Wildman–Crippen MR) is 87.8 cm³/mol. The quantitative estimate of drug-likeness (QED) is 0.891. The molecule has 0 bridgehead atoms. The van der Waals surface area contributed by atoms with Crippen LogP contribution in [0.25, 0.3) is 11.0 Å². The van der Waals surface area contributed by atoms with Gasteiger partial charge in [0.05, 0.1) is 6.04 Å². The van der Waals surface area contributed by atoms with Crippen LogP contribution in [0.5, 0.6) is 0 Å². The molecular formula is C16H23ClN2O2. The van der Waals surface area contributed by atoms with Gasteiger partial charge in [0.15, 0.2) is 0 Å². The molecule has 0 fully saturated rings. The van der Waals surface area contributed by atoms with Gasteiger partial charge in [-0.2, -0.15) is 0 Å². The Morgan fingerprint density at radius 3 is 2.57 bits per heavy atom. The van der Waals surface area contributed by atoms with E-state index in [-0.39, 0.29) is 30.3 Å². The van der Waals surface area contributed by atoms with Crippen LogP contribution in [0.3, 0.4) is 0 Å². The average molecular weight is 311 g/mol. The molecular weight excluding hydrogens is 288 g/mol. The van der Waals surface area contributed by atoms with Crippen LogP contribution in [0.4, 0.5) is 0 Å². The van der Waals surface area contributed by atoms with Crippen LogP contribution < -0.4 is 10.6 Å². The van der Waals surface area contributed by atoms with Gasteiger partial charge in [-0.25, -0.2) is 0 Å². The summed E-state index contributed by atoms with van der Waals surface area (Å²) in [6, 6.07) is 7.80. The van der Waals surface area contributed by atoms with Crippen molar-refractivity contribution in [3.8, 4) is 0 Å². The molecule has 1 aromatic carbocycles. The Morgan fingerprint density at radius 1 is 1.29 bits per heavy atom. The Morgan fingerprint density at radius 2 is 1.95 bits per heavy atom. The number of nitrogens with one attached hydrogen (secondary N) is 2. The van der Waals surface area contributed by atoms with Crippen LogP contribution in [0.1, 0.15) is 31.2 Å². The van der Waals surface area contributed by atoms with Gasteiger partial charge >= 0.3 is 0 Å². The second kappa shape index (κ2) is 7.48. The molecule has 0 aliphatic carbocycles. The van der Waals surface area contributed by atoms with E-state index < -0.39 is 0 Å². The van der Waals surface area contributed by atoms with Crippen LogP contribution in [0, 0.1) is 12.8 Å². The second-order valence-electron chi connectivity index (χ2n) is 5.28. The number of rotatable bonds is 5. The van der Waals surface area contributed by atoms with Gasteiger partial charge in [0, 0.05) is 23.4 Å². The molecule has 1 amide bonds. The molecule has 1 heterocycles. The number of aryl methyl sites for hydroxylation is 1. The molecule has 0 radical (unpaired) electrons. The van der Waals surface area contributed by atoms with Gasteiger partial charge in [-0.15, -0.1) is 12.4 Å². The number of fused-ring (bicyclic) bond motifs is 1. The largest absolute Gasteiger partial charge is 0.459 e. The van der Waals surface area contributed by atoms with E-state index in [4.69, 9.17) is 4.42 Å². The maximum atomic E-state index is 12.1. The summed E-state index contributed by atoms with van der Waals surface area (Å²) in [5.41, 5.74) is 1.96. The van der Waals surface area contributed by atoms with Gasteiger partial charge in [-0.3, -0.25) is 4.79 Å². The van der Waals surface area contributed by atoms with Gasteiger partial charge in [0.1, 0.15) is 11.3 Å². The number of furan rings is 1. The van der Waals surface area contributed by atoms with Crippen molar-refractivity contribution in [1.82, 2.24) is 10.6 Å². The standard InChI is InChI=1S/C16H22N2O2.ClH/c1-10(9-17-4)16(19)18-12(3)15-11(2)13-7-5-6-8-14(13)20-15;/h5-8,10,12,17H,9H2,1-4H3,(H,18,19);1H. The number of carbonyl (C=O) groups is 1. The van der Waals surface area contributed by atoms with E-state index in [9.17, 15) is 4.79 Å². The lowest BCUT2D eigenvalue weighted by molar-refractivity contribution is -0.125. The van der Waals surface area contributed by atoms with Crippen molar-refractivity contribution in [3.05, 3.63) is 35.6 Å². The fourth-order valence-corrected chi connectivity index (χ4v) is 2.43. The van der Waals surface area contributed by atoms with E-state index in [2.05, 4.69) is 10.6 Å². The number of halogens is 1. The van der Waals surface area contributed by atoms with Crippen molar-refractivity contribution in [3.63, 3.8) is 0 Å². The van der Waals surface area contributed by atoms with Crippen LogP contribution in [0.2, 0.25) is 0 Å². The number of carbonyl (C=O) groups excluding carboxylic acids is 1. The van der Waals surface area contributed by atoms with Crippen molar-refractivity contribution in [2.45, 2.75) is 26.8 Å². The zero-order valence-electron chi connectivity index (χ0n) is 12.9. The van der Waals surface area contributed by atoms with Crippen molar-refractivity contribution < 1.29 is 9.21 Å². The van der Waals surface area contributed by atoms with Crippen LogP contribution >= 0.6 is 12.4 Å². The Kier molecular flexibility index (Phi) is 6.24. The first-order valence-corrected chi connectivity index (χ1v) is 6.97. The van der Waals surface area contributed by atoms with Gasteiger partial charge in [-0.05, 0) is 27.0 Å². The second-order valence-corrected chi connectivity index (χ2v) is 5.28. The molecule has 2 atom stereocenters. The normalized spacial score (nSPS) is 13.5. The fourth-order valence-electron chi connectivity index (χ4n) is 2.43. The van der Waals surface area contributed by atoms with Gasteiger partial charge in [0.2, 0.25) is 5.91 Å². The summed E-state index contributed by atoms with van der Waals surface area (Å²) in [4.78, 5) is 12.1. The molecule has 2 rings (SSSR count). The zero-order valence-corrected chi connectivity index (χ0v) is 13.7. The SMILES string of the molecule is CNCC(C)C(=O)NC(C)c1oc2ccccc2c1C.Cl. The molecule has 5 heteroatoms. The number of amides is 1. The highest BCUT2D eigenvalue weighted by atomic mass is 35.5. The number of hydrogen-bond acceptors (Lipinski definition) is 3. The molecule has 21 heavy (non-hydrogen) atoms. The summed E-state index contributed by atoms with van der Waals surface area (Å²) < 4.78 is 5.87. The van der Waals surface area contributed by atoms with Crippen molar-refractivity contribution in [1.29, 1.82) is 0 Å².